The third kappa shape index (κ3) is 4.92. The quantitative estimate of drug-likeness (QED) is 0.582. The number of amides is 1. The third-order valence-electron chi connectivity index (χ3n) is 4.66. The summed E-state index contributed by atoms with van der Waals surface area (Å²) in [7, 11) is 1.62. The molecule has 2 aromatic heterocycles. The average molecular weight is 429 g/mol. The number of ether oxygens (including phenoxy) is 4. The predicted octanol–water partition coefficient (Wildman–Crippen LogP) is 4.04. The minimum absolute atomic E-state index is 0.0224. The zero-order chi connectivity index (χ0) is 20.8. The van der Waals surface area contributed by atoms with Gasteiger partial charge in [0.2, 0.25) is 0 Å². The van der Waals surface area contributed by atoms with Gasteiger partial charge in [-0.25, -0.2) is 4.79 Å². The van der Waals surface area contributed by atoms with E-state index in [0.717, 1.165) is 23.4 Å². The molecule has 1 saturated heterocycles. The Morgan fingerprint density at radius 2 is 2.27 bits per heavy atom. The van der Waals surface area contributed by atoms with E-state index < -0.39 is 6.09 Å². The molecule has 0 aliphatic carbocycles. The van der Waals surface area contributed by atoms with Crippen LogP contribution >= 0.6 is 11.3 Å². The summed E-state index contributed by atoms with van der Waals surface area (Å²) in [6.07, 6.45) is 2.11. The summed E-state index contributed by atoms with van der Waals surface area (Å²) in [6.45, 7) is 1.91. The first kappa shape index (κ1) is 20.2. The van der Waals surface area contributed by atoms with Crippen LogP contribution in [0.4, 0.5) is 10.5 Å². The van der Waals surface area contributed by atoms with Gasteiger partial charge in [-0.3, -0.25) is 10.00 Å². The van der Waals surface area contributed by atoms with Crippen LogP contribution in [0, 0.1) is 0 Å². The van der Waals surface area contributed by atoms with Crippen LogP contribution in [-0.2, 0) is 16.0 Å². The molecule has 0 spiro atoms. The van der Waals surface area contributed by atoms with Gasteiger partial charge in [0.15, 0.2) is 11.5 Å². The lowest BCUT2D eigenvalue weighted by molar-refractivity contribution is 0.138. The fourth-order valence-electron chi connectivity index (χ4n) is 3.18. The SMILES string of the molecule is COc1ccc(-c2ccnn2CCOC(=O)Nc2ccsc2)cc1O[C@@H]1CCOC1. The van der Waals surface area contributed by atoms with Gasteiger partial charge in [-0.05, 0) is 35.7 Å². The summed E-state index contributed by atoms with van der Waals surface area (Å²) in [5.74, 6) is 1.34. The lowest BCUT2D eigenvalue weighted by atomic mass is 10.1. The fourth-order valence-corrected chi connectivity index (χ4v) is 3.77. The van der Waals surface area contributed by atoms with Gasteiger partial charge in [-0.1, -0.05) is 0 Å². The highest BCUT2D eigenvalue weighted by Crippen LogP contribution is 2.34. The molecule has 1 aromatic carbocycles. The molecule has 8 nitrogen and oxygen atoms in total. The van der Waals surface area contributed by atoms with Crippen molar-refractivity contribution in [3.05, 3.63) is 47.3 Å². The van der Waals surface area contributed by atoms with Crippen LogP contribution in [0.5, 0.6) is 11.5 Å². The van der Waals surface area contributed by atoms with Crippen molar-refractivity contribution in [2.24, 2.45) is 0 Å². The van der Waals surface area contributed by atoms with Crippen LogP contribution in [0.15, 0.2) is 47.3 Å². The van der Waals surface area contributed by atoms with Gasteiger partial charge in [-0.15, -0.1) is 0 Å². The minimum atomic E-state index is -0.485. The van der Waals surface area contributed by atoms with Gasteiger partial charge in [0.05, 0.1) is 38.2 Å². The van der Waals surface area contributed by atoms with Gasteiger partial charge in [0.25, 0.3) is 0 Å². The van der Waals surface area contributed by atoms with E-state index in [9.17, 15) is 4.79 Å². The average Bonchev–Trinajstić information content (AvgIpc) is 3.51. The Bertz CT molecular complexity index is 967. The number of aromatic nitrogens is 2. The number of anilines is 1. The molecule has 4 rings (SSSR count). The minimum Gasteiger partial charge on any atom is -0.493 e. The number of hydrogen-bond acceptors (Lipinski definition) is 7. The first-order valence-electron chi connectivity index (χ1n) is 9.63. The summed E-state index contributed by atoms with van der Waals surface area (Å²) in [5.41, 5.74) is 2.56. The Hall–Kier alpha value is -3.04. The van der Waals surface area contributed by atoms with Crippen molar-refractivity contribution in [2.45, 2.75) is 19.1 Å². The monoisotopic (exact) mass is 429 g/mol. The fraction of sp³-hybridized carbons (Fsp3) is 0.333. The summed E-state index contributed by atoms with van der Waals surface area (Å²) < 4.78 is 24.0. The highest BCUT2D eigenvalue weighted by atomic mass is 32.1. The van der Waals surface area contributed by atoms with Crippen molar-refractivity contribution in [3.8, 4) is 22.8 Å². The highest BCUT2D eigenvalue weighted by Gasteiger charge is 2.20. The largest absolute Gasteiger partial charge is 0.493 e. The molecule has 1 fully saturated rings. The summed E-state index contributed by atoms with van der Waals surface area (Å²) in [5, 5.41) is 10.8. The molecule has 0 unspecified atom stereocenters. The Morgan fingerprint density at radius 3 is 3.03 bits per heavy atom. The van der Waals surface area contributed by atoms with Crippen LogP contribution in [-0.4, -0.2) is 48.9 Å². The van der Waals surface area contributed by atoms with Crippen molar-refractivity contribution >= 4 is 23.1 Å². The summed E-state index contributed by atoms with van der Waals surface area (Å²) >= 11 is 1.51. The van der Waals surface area contributed by atoms with E-state index in [4.69, 9.17) is 18.9 Å². The number of methoxy groups -OCH3 is 1. The van der Waals surface area contributed by atoms with Crippen molar-refractivity contribution in [2.75, 3.05) is 32.2 Å². The first-order chi connectivity index (χ1) is 14.7. The molecule has 1 aliphatic rings. The van der Waals surface area contributed by atoms with E-state index >= 15 is 0 Å². The number of benzene rings is 1. The van der Waals surface area contributed by atoms with Crippen LogP contribution < -0.4 is 14.8 Å². The summed E-state index contributed by atoms with van der Waals surface area (Å²) in [4.78, 5) is 11.9. The van der Waals surface area contributed by atoms with E-state index in [1.807, 2.05) is 41.1 Å². The van der Waals surface area contributed by atoms with E-state index in [2.05, 4.69) is 10.4 Å². The third-order valence-corrected chi connectivity index (χ3v) is 5.34. The van der Waals surface area contributed by atoms with Crippen molar-refractivity contribution in [1.29, 1.82) is 0 Å². The lowest BCUT2D eigenvalue weighted by Gasteiger charge is -2.16. The smallest absolute Gasteiger partial charge is 0.411 e. The lowest BCUT2D eigenvalue weighted by Crippen LogP contribution is -2.17. The molecule has 1 aliphatic heterocycles. The molecule has 1 amide bonds. The number of carbonyl (C=O) groups is 1. The zero-order valence-electron chi connectivity index (χ0n) is 16.6. The first-order valence-corrected chi connectivity index (χ1v) is 10.6. The number of carbonyl (C=O) groups excluding carboxylic acids is 1. The van der Waals surface area contributed by atoms with E-state index in [1.165, 1.54) is 11.3 Å². The van der Waals surface area contributed by atoms with Gasteiger partial charge < -0.3 is 18.9 Å². The molecule has 3 heterocycles. The number of rotatable bonds is 8. The molecular weight excluding hydrogens is 406 g/mol. The van der Waals surface area contributed by atoms with Gasteiger partial charge in [0, 0.05) is 23.6 Å². The molecule has 9 heteroatoms. The maximum atomic E-state index is 11.9. The molecule has 158 valence electrons. The van der Waals surface area contributed by atoms with Crippen LogP contribution in [0.1, 0.15) is 6.42 Å². The van der Waals surface area contributed by atoms with E-state index in [-0.39, 0.29) is 12.7 Å². The van der Waals surface area contributed by atoms with Crippen LogP contribution in [0.3, 0.4) is 0 Å². The Balaban J connectivity index is 1.41. The van der Waals surface area contributed by atoms with Crippen LogP contribution in [0.2, 0.25) is 0 Å². The second-order valence-corrected chi connectivity index (χ2v) is 7.46. The number of thiophene rings is 1. The van der Waals surface area contributed by atoms with E-state index in [1.54, 1.807) is 18.0 Å². The van der Waals surface area contributed by atoms with Gasteiger partial charge >= 0.3 is 6.09 Å². The predicted molar refractivity (Wildman–Crippen MR) is 113 cm³/mol. The molecule has 30 heavy (non-hydrogen) atoms. The molecule has 0 saturated carbocycles. The Morgan fingerprint density at radius 1 is 1.33 bits per heavy atom. The second-order valence-electron chi connectivity index (χ2n) is 6.68. The molecule has 1 N–H and O–H groups in total. The standard InChI is InChI=1S/C21H23N3O5S/c1-26-19-3-2-15(12-20(19)29-17-5-9-27-13-17)18-4-7-22-24(18)8-10-28-21(25)23-16-6-11-30-14-16/h2-4,6-7,11-12,14,17H,5,8-10,13H2,1H3,(H,23,25)/t17-/m1/s1. The maximum Gasteiger partial charge on any atom is 0.411 e. The number of hydrogen-bond donors (Lipinski definition) is 1. The topological polar surface area (TPSA) is 83.8 Å². The number of nitrogens with one attached hydrogen (secondary N) is 1. The molecule has 0 bridgehead atoms. The normalized spacial score (nSPS) is 15.7. The second kappa shape index (κ2) is 9.64. The molecule has 1 atom stereocenters. The highest BCUT2D eigenvalue weighted by molar-refractivity contribution is 7.08. The number of nitrogens with zero attached hydrogens (tertiary/aromatic N) is 2. The Labute approximate surface area is 178 Å². The molecule has 3 aromatic rings. The molecular formula is C21H23N3O5S. The van der Waals surface area contributed by atoms with Crippen LogP contribution in [0.25, 0.3) is 11.3 Å². The Kier molecular flexibility index (Phi) is 6.50. The summed E-state index contributed by atoms with van der Waals surface area (Å²) in [6, 6.07) is 9.50. The van der Waals surface area contributed by atoms with Crippen molar-refractivity contribution in [1.82, 2.24) is 9.78 Å². The molecule has 0 radical (unpaired) electrons. The van der Waals surface area contributed by atoms with Crippen molar-refractivity contribution in [3.63, 3.8) is 0 Å². The maximum absolute atomic E-state index is 11.9. The zero-order valence-corrected chi connectivity index (χ0v) is 17.4. The van der Waals surface area contributed by atoms with Gasteiger partial charge in [-0.2, -0.15) is 16.4 Å². The van der Waals surface area contributed by atoms with Crippen molar-refractivity contribution < 1.29 is 23.7 Å². The van der Waals surface area contributed by atoms with Gasteiger partial charge in [0.1, 0.15) is 12.7 Å². The van der Waals surface area contributed by atoms with E-state index in [0.29, 0.717) is 31.3 Å².